The van der Waals surface area contributed by atoms with Gasteiger partial charge in [0.1, 0.15) is 23.8 Å². The molecule has 0 saturated carbocycles. The van der Waals surface area contributed by atoms with Crippen molar-refractivity contribution in [1.82, 2.24) is 15.1 Å². The highest BCUT2D eigenvalue weighted by molar-refractivity contribution is 5.91. The molecule has 22 heavy (non-hydrogen) atoms. The summed E-state index contributed by atoms with van der Waals surface area (Å²) in [7, 11) is 0. The average molecular weight is 299 g/mol. The normalized spacial score (nSPS) is 10.8. The molecular weight excluding hydrogens is 286 g/mol. The van der Waals surface area contributed by atoms with E-state index in [1.165, 1.54) is 0 Å². The van der Waals surface area contributed by atoms with Crippen LogP contribution in [0.3, 0.4) is 0 Å². The number of nitrogens with zero attached hydrogens (tertiary/aromatic N) is 2. The molecule has 2 aromatic heterocycles. The first kappa shape index (κ1) is 14.0. The lowest BCUT2D eigenvalue weighted by molar-refractivity contribution is 0.0459. The van der Waals surface area contributed by atoms with Crippen LogP contribution in [0.1, 0.15) is 27.6 Å². The molecule has 0 bridgehead atoms. The Morgan fingerprint density at radius 2 is 2.09 bits per heavy atom. The van der Waals surface area contributed by atoms with Crippen LogP contribution in [0.2, 0.25) is 0 Å². The van der Waals surface area contributed by atoms with Crippen LogP contribution >= 0.6 is 0 Å². The number of H-pyrrole nitrogens is 1. The minimum Gasteiger partial charge on any atom is -0.454 e. The van der Waals surface area contributed by atoms with Gasteiger partial charge in [0, 0.05) is 0 Å². The van der Waals surface area contributed by atoms with E-state index in [1.807, 2.05) is 0 Å². The highest BCUT2D eigenvalue weighted by Gasteiger charge is 2.19. The number of carbonyl (C=O) groups is 1. The number of aromatic amines is 1. The van der Waals surface area contributed by atoms with Crippen molar-refractivity contribution in [2.75, 3.05) is 0 Å². The Balaban J connectivity index is 1.82. The highest BCUT2D eigenvalue weighted by Crippen LogP contribution is 2.14. The number of benzene rings is 1. The summed E-state index contributed by atoms with van der Waals surface area (Å²) in [5.74, 6) is 0.110. The monoisotopic (exact) mass is 299 g/mol. The van der Waals surface area contributed by atoms with Crippen molar-refractivity contribution in [2.24, 2.45) is 0 Å². The number of aromatic nitrogens is 3. The smallest absolute Gasteiger partial charge is 0.344 e. The lowest BCUT2D eigenvalue weighted by Gasteiger charge is -2.05. The summed E-state index contributed by atoms with van der Waals surface area (Å²) in [6, 6.07) is 6.95. The Bertz CT molecular complexity index is 891. The standard InChI is InChI=1S/C15H13N3O4/c1-8-13(9(2)22-18-8)15(20)21-7-12-16-11-6-4-3-5-10(11)14(19)17-12/h3-6H,7H2,1-2H3,(H,16,17,19). The quantitative estimate of drug-likeness (QED) is 0.741. The second-order valence-electron chi connectivity index (χ2n) is 4.81. The van der Waals surface area contributed by atoms with Crippen LogP contribution in [0.4, 0.5) is 0 Å². The average Bonchev–Trinajstić information content (AvgIpc) is 2.84. The molecule has 0 aliphatic heterocycles. The Morgan fingerprint density at radius 3 is 2.82 bits per heavy atom. The number of esters is 1. The Morgan fingerprint density at radius 1 is 1.32 bits per heavy atom. The Kier molecular flexibility index (Phi) is 3.46. The van der Waals surface area contributed by atoms with E-state index in [1.54, 1.807) is 38.1 Å². The summed E-state index contributed by atoms with van der Waals surface area (Å²) in [6.45, 7) is 3.15. The van der Waals surface area contributed by atoms with E-state index in [2.05, 4.69) is 15.1 Å². The molecule has 0 fully saturated rings. The molecule has 7 heteroatoms. The van der Waals surface area contributed by atoms with Gasteiger partial charge in [0.15, 0.2) is 0 Å². The molecule has 3 rings (SSSR count). The second kappa shape index (κ2) is 5.44. The van der Waals surface area contributed by atoms with E-state index in [4.69, 9.17) is 9.26 Å². The maximum Gasteiger partial charge on any atom is 0.344 e. The van der Waals surface area contributed by atoms with Gasteiger partial charge in [-0.1, -0.05) is 17.3 Å². The number of hydrogen-bond acceptors (Lipinski definition) is 6. The lowest BCUT2D eigenvalue weighted by Crippen LogP contribution is -2.15. The zero-order valence-corrected chi connectivity index (χ0v) is 12.0. The van der Waals surface area contributed by atoms with Gasteiger partial charge in [-0.05, 0) is 26.0 Å². The Labute approximate surface area is 124 Å². The molecule has 0 radical (unpaired) electrons. The van der Waals surface area contributed by atoms with Gasteiger partial charge < -0.3 is 14.2 Å². The van der Waals surface area contributed by atoms with Crippen LogP contribution in [-0.4, -0.2) is 21.1 Å². The first-order valence-corrected chi connectivity index (χ1v) is 6.64. The minimum atomic E-state index is -0.563. The van der Waals surface area contributed by atoms with Crippen LogP contribution in [0, 0.1) is 13.8 Å². The summed E-state index contributed by atoms with van der Waals surface area (Å²) in [4.78, 5) is 30.8. The van der Waals surface area contributed by atoms with Crippen LogP contribution < -0.4 is 5.56 Å². The zero-order valence-electron chi connectivity index (χ0n) is 12.0. The van der Waals surface area contributed by atoms with Gasteiger partial charge in [-0.3, -0.25) is 4.79 Å². The largest absolute Gasteiger partial charge is 0.454 e. The number of nitrogens with one attached hydrogen (secondary N) is 1. The third-order valence-electron chi connectivity index (χ3n) is 3.24. The van der Waals surface area contributed by atoms with E-state index in [9.17, 15) is 9.59 Å². The van der Waals surface area contributed by atoms with Gasteiger partial charge in [0.25, 0.3) is 5.56 Å². The third kappa shape index (κ3) is 2.48. The summed E-state index contributed by atoms with van der Waals surface area (Å²) >= 11 is 0. The molecule has 0 spiro atoms. The molecule has 0 unspecified atom stereocenters. The molecule has 1 N–H and O–H groups in total. The van der Waals surface area contributed by atoms with Gasteiger partial charge in [-0.2, -0.15) is 0 Å². The highest BCUT2D eigenvalue weighted by atomic mass is 16.5. The number of fused-ring (bicyclic) bond motifs is 1. The molecule has 0 aliphatic rings. The predicted octanol–water partition coefficient (Wildman–Crippen LogP) is 1.88. The van der Waals surface area contributed by atoms with Crippen molar-refractivity contribution in [3.05, 3.63) is 57.5 Å². The van der Waals surface area contributed by atoms with E-state index in [-0.39, 0.29) is 18.0 Å². The number of ether oxygens (including phenoxy) is 1. The maximum absolute atomic E-state index is 12.0. The Hall–Kier alpha value is -2.96. The molecule has 7 nitrogen and oxygen atoms in total. The van der Waals surface area contributed by atoms with Crippen LogP contribution in [0.25, 0.3) is 10.9 Å². The molecule has 0 atom stereocenters. The van der Waals surface area contributed by atoms with Crippen LogP contribution in [-0.2, 0) is 11.3 Å². The van der Waals surface area contributed by atoms with Crippen molar-refractivity contribution < 1.29 is 14.1 Å². The summed E-state index contributed by atoms with van der Waals surface area (Å²) in [6.07, 6.45) is 0. The number of rotatable bonds is 3. The summed E-state index contributed by atoms with van der Waals surface area (Å²) in [5, 5.41) is 4.19. The van der Waals surface area contributed by atoms with Gasteiger partial charge in [-0.25, -0.2) is 9.78 Å². The minimum absolute atomic E-state index is 0.136. The first-order valence-electron chi connectivity index (χ1n) is 6.64. The third-order valence-corrected chi connectivity index (χ3v) is 3.24. The molecule has 112 valence electrons. The summed E-state index contributed by atoms with van der Waals surface area (Å²) in [5.41, 5.74) is 1.04. The molecular formula is C15H13N3O4. The van der Waals surface area contributed by atoms with Crippen molar-refractivity contribution >= 4 is 16.9 Å². The number of para-hydroxylation sites is 1. The molecule has 0 saturated heterocycles. The fourth-order valence-electron chi connectivity index (χ4n) is 2.18. The van der Waals surface area contributed by atoms with E-state index >= 15 is 0 Å². The van der Waals surface area contributed by atoms with Gasteiger partial charge in [0.05, 0.1) is 16.6 Å². The van der Waals surface area contributed by atoms with E-state index < -0.39 is 5.97 Å². The van der Waals surface area contributed by atoms with E-state index in [0.717, 1.165) is 0 Å². The number of carbonyl (C=O) groups excluding carboxylic acids is 1. The molecule has 0 aliphatic carbocycles. The fraction of sp³-hybridized carbons (Fsp3) is 0.200. The number of hydrogen-bond donors (Lipinski definition) is 1. The maximum atomic E-state index is 12.0. The zero-order chi connectivity index (χ0) is 15.7. The van der Waals surface area contributed by atoms with Crippen molar-refractivity contribution in [3.63, 3.8) is 0 Å². The van der Waals surface area contributed by atoms with Crippen LogP contribution in [0.5, 0.6) is 0 Å². The van der Waals surface area contributed by atoms with Gasteiger partial charge in [-0.15, -0.1) is 0 Å². The first-order chi connectivity index (χ1) is 10.6. The molecule has 0 amide bonds. The topological polar surface area (TPSA) is 98.1 Å². The number of aryl methyl sites for hydroxylation is 2. The lowest BCUT2D eigenvalue weighted by atomic mass is 10.2. The van der Waals surface area contributed by atoms with Gasteiger partial charge >= 0.3 is 5.97 Å². The van der Waals surface area contributed by atoms with Crippen LogP contribution in [0.15, 0.2) is 33.6 Å². The summed E-state index contributed by atoms with van der Waals surface area (Å²) < 4.78 is 10.1. The second-order valence-corrected chi connectivity index (χ2v) is 4.81. The molecule has 3 aromatic rings. The predicted molar refractivity (Wildman–Crippen MR) is 77.5 cm³/mol. The molecule has 1 aromatic carbocycles. The SMILES string of the molecule is Cc1noc(C)c1C(=O)OCc1nc2ccccc2c(=O)[nH]1. The van der Waals surface area contributed by atoms with Gasteiger partial charge in [0.2, 0.25) is 0 Å². The fourth-order valence-corrected chi connectivity index (χ4v) is 2.18. The van der Waals surface area contributed by atoms with Crippen molar-refractivity contribution in [1.29, 1.82) is 0 Å². The van der Waals surface area contributed by atoms with Crippen molar-refractivity contribution in [2.45, 2.75) is 20.5 Å². The van der Waals surface area contributed by atoms with E-state index in [0.29, 0.717) is 27.9 Å². The van der Waals surface area contributed by atoms with Crippen molar-refractivity contribution in [3.8, 4) is 0 Å². The molecule has 2 heterocycles.